The Bertz CT molecular complexity index is 904. The van der Waals surface area contributed by atoms with Gasteiger partial charge in [0.1, 0.15) is 5.01 Å². The van der Waals surface area contributed by atoms with Crippen LogP contribution in [0.15, 0.2) is 24.3 Å². The van der Waals surface area contributed by atoms with E-state index in [1.807, 2.05) is 24.3 Å². The Labute approximate surface area is 169 Å². The summed E-state index contributed by atoms with van der Waals surface area (Å²) in [7, 11) is -3.13. The molecule has 0 radical (unpaired) electrons. The Balaban J connectivity index is 1.53. The highest BCUT2D eigenvalue weighted by Gasteiger charge is 2.26. The average molecular weight is 424 g/mol. The van der Waals surface area contributed by atoms with Gasteiger partial charge >= 0.3 is 0 Å². The highest BCUT2D eigenvalue weighted by atomic mass is 32.2. The number of aromatic nitrogens is 2. The second-order valence-electron chi connectivity index (χ2n) is 6.58. The van der Waals surface area contributed by atoms with Gasteiger partial charge in [-0.2, -0.15) is 4.31 Å². The first-order valence-electron chi connectivity index (χ1n) is 9.34. The minimum Gasteiger partial charge on any atom is -0.320 e. The number of piperazine rings is 1. The summed E-state index contributed by atoms with van der Waals surface area (Å²) in [6, 6.07) is 7.73. The highest BCUT2D eigenvalue weighted by molar-refractivity contribution is 7.89. The monoisotopic (exact) mass is 423 g/mol. The molecule has 1 aromatic carbocycles. The molecule has 152 valence electrons. The number of nitrogens with zero attached hydrogens (tertiary/aromatic N) is 4. The van der Waals surface area contributed by atoms with Crippen LogP contribution < -0.4 is 5.32 Å². The van der Waals surface area contributed by atoms with Crippen molar-refractivity contribution in [2.45, 2.75) is 26.8 Å². The molecular formula is C18H25N5O3S2. The molecule has 8 nitrogen and oxygen atoms in total. The Morgan fingerprint density at radius 2 is 1.79 bits per heavy atom. The lowest BCUT2D eigenvalue weighted by Crippen LogP contribution is -2.48. The van der Waals surface area contributed by atoms with Crippen LogP contribution in [0.1, 0.15) is 34.2 Å². The molecule has 28 heavy (non-hydrogen) atoms. The van der Waals surface area contributed by atoms with E-state index in [2.05, 4.69) is 27.3 Å². The number of sulfonamides is 1. The number of amides is 1. The number of hydrogen-bond acceptors (Lipinski definition) is 7. The van der Waals surface area contributed by atoms with Gasteiger partial charge in [-0.25, -0.2) is 8.42 Å². The molecule has 3 rings (SSSR count). The van der Waals surface area contributed by atoms with Crippen LogP contribution in [0.25, 0.3) is 0 Å². The first-order valence-corrected chi connectivity index (χ1v) is 11.8. The van der Waals surface area contributed by atoms with Crippen molar-refractivity contribution < 1.29 is 13.2 Å². The fraction of sp³-hybridized carbons (Fsp3) is 0.500. The van der Waals surface area contributed by atoms with Gasteiger partial charge in [0.25, 0.3) is 5.91 Å². The minimum absolute atomic E-state index is 0.128. The molecule has 1 aromatic heterocycles. The van der Waals surface area contributed by atoms with Gasteiger partial charge in [-0.3, -0.25) is 9.69 Å². The summed E-state index contributed by atoms with van der Waals surface area (Å²) in [6.07, 6.45) is 0.951. The number of rotatable bonds is 7. The Kier molecular flexibility index (Phi) is 6.76. The van der Waals surface area contributed by atoms with E-state index in [9.17, 15) is 13.2 Å². The quantitative estimate of drug-likeness (QED) is 0.730. The molecule has 0 saturated carbocycles. The topological polar surface area (TPSA) is 95.5 Å². The van der Waals surface area contributed by atoms with Crippen LogP contribution in [-0.4, -0.2) is 65.7 Å². The standard InChI is InChI=1S/C18H25N5O3S2/c1-3-14-5-7-15(8-6-14)19-17(24)18-21-20-16(27-18)13-22-9-11-23(12-10-22)28(25,26)4-2/h5-8H,3-4,9-13H2,1-2H3,(H,19,24). The molecular weight excluding hydrogens is 398 g/mol. The van der Waals surface area contributed by atoms with Crippen LogP contribution in [0.3, 0.4) is 0 Å². The minimum atomic E-state index is -3.13. The lowest BCUT2D eigenvalue weighted by atomic mass is 10.1. The van der Waals surface area contributed by atoms with E-state index in [0.717, 1.165) is 17.1 Å². The van der Waals surface area contributed by atoms with Crippen LogP contribution in [0.2, 0.25) is 0 Å². The number of anilines is 1. The maximum absolute atomic E-state index is 12.4. The number of hydrogen-bond donors (Lipinski definition) is 1. The first kappa shape index (κ1) is 20.8. The fourth-order valence-electron chi connectivity index (χ4n) is 2.96. The lowest BCUT2D eigenvalue weighted by molar-refractivity contribution is 0.102. The van der Waals surface area contributed by atoms with Gasteiger partial charge in [0, 0.05) is 31.9 Å². The van der Waals surface area contributed by atoms with E-state index >= 15 is 0 Å². The first-order chi connectivity index (χ1) is 13.4. The number of carbonyl (C=O) groups is 1. The van der Waals surface area contributed by atoms with Crippen molar-refractivity contribution in [3.8, 4) is 0 Å². The maximum atomic E-state index is 12.4. The Morgan fingerprint density at radius 1 is 1.11 bits per heavy atom. The summed E-state index contributed by atoms with van der Waals surface area (Å²) in [6.45, 7) is 6.56. The molecule has 0 spiro atoms. The largest absolute Gasteiger partial charge is 0.320 e. The lowest BCUT2D eigenvalue weighted by Gasteiger charge is -2.33. The van der Waals surface area contributed by atoms with Crippen LogP contribution in [0.5, 0.6) is 0 Å². The third-order valence-corrected chi connectivity index (χ3v) is 7.52. The molecule has 2 aromatic rings. The van der Waals surface area contributed by atoms with Crippen LogP contribution in [-0.2, 0) is 23.0 Å². The molecule has 2 heterocycles. The van der Waals surface area contributed by atoms with Gasteiger partial charge in [-0.05, 0) is 31.0 Å². The SMILES string of the molecule is CCc1ccc(NC(=O)c2nnc(CN3CCN(S(=O)(=O)CC)CC3)s2)cc1. The van der Waals surface area contributed by atoms with Gasteiger partial charge in [-0.1, -0.05) is 30.4 Å². The van der Waals surface area contributed by atoms with Crippen molar-refractivity contribution in [2.75, 3.05) is 37.2 Å². The van der Waals surface area contributed by atoms with Crippen LogP contribution in [0.4, 0.5) is 5.69 Å². The predicted molar refractivity (Wildman–Crippen MR) is 110 cm³/mol. The molecule has 1 saturated heterocycles. The molecule has 1 N–H and O–H groups in total. The van der Waals surface area contributed by atoms with Crippen molar-refractivity contribution in [1.29, 1.82) is 0 Å². The summed E-state index contributed by atoms with van der Waals surface area (Å²) in [5, 5.41) is 12.0. The Morgan fingerprint density at radius 3 is 2.39 bits per heavy atom. The molecule has 1 amide bonds. The van der Waals surface area contributed by atoms with E-state index in [0.29, 0.717) is 37.7 Å². The van der Waals surface area contributed by atoms with Gasteiger partial charge < -0.3 is 5.32 Å². The van der Waals surface area contributed by atoms with Gasteiger partial charge in [0.2, 0.25) is 15.0 Å². The molecule has 0 unspecified atom stereocenters. The zero-order chi connectivity index (χ0) is 20.1. The van der Waals surface area contributed by atoms with E-state index in [1.165, 1.54) is 21.2 Å². The summed E-state index contributed by atoms with van der Waals surface area (Å²) in [4.78, 5) is 14.5. The van der Waals surface area contributed by atoms with E-state index in [4.69, 9.17) is 0 Å². The predicted octanol–water partition coefficient (Wildman–Crippen LogP) is 1.82. The molecule has 10 heteroatoms. The smallest absolute Gasteiger partial charge is 0.286 e. The zero-order valence-corrected chi connectivity index (χ0v) is 17.7. The highest BCUT2D eigenvalue weighted by Crippen LogP contribution is 2.17. The van der Waals surface area contributed by atoms with Crippen molar-refractivity contribution in [3.05, 3.63) is 39.8 Å². The van der Waals surface area contributed by atoms with Gasteiger partial charge in [0.15, 0.2) is 0 Å². The number of benzene rings is 1. The third kappa shape index (κ3) is 5.13. The fourth-order valence-corrected chi connectivity index (χ4v) is 4.82. The van der Waals surface area contributed by atoms with Crippen molar-refractivity contribution in [1.82, 2.24) is 19.4 Å². The van der Waals surface area contributed by atoms with E-state index in [-0.39, 0.29) is 11.7 Å². The van der Waals surface area contributed by atoms with Crippen molar-refractivity contribution in [3.63, 3.8) is 0 Å². The number of aryl methyl sites for hydroxylation is 1. The summed E-state index contributed by atoms with van der Waals surface area (Å²) >= 11 is 1.26. The van der Waals surface area contributed by atoms with E-state index < -0.39 is 10.0 Å². The normalized spacial score (nSPS) is 16.2. The summed E-state index contributed by atoms with van der Waals surface area (Å²) < 4.78 is 25.4. The molecule has 0 aliphatic carbocycles. The maximum Gasteiger partial charge on any atom is 0.286 e. The van der Waals surface area contributed by atoms with Crippen LogP contribution in [0, 0.1) is 0 Å². The van der Waals surface area contributed by atoms with Crippen molar-refractivity contribution >= 4 is 33.0 Å². The summed E-state index contributed by atoms with van der Waals surface area (Å²) in [5.41, 5.74) is 1.94. The molecule has 0 atom stereocenters. The molecule has 1 fully saturated rings. The van der Waals surface area contributed by atoms with Gasteiger partial charge in [-0.15, -0.1) is 10.2 Å². The van der Waals surface area contributed by atoms with E-state index in [1.54, 1.807) is 6.92 Å². The molecule has 1 aliphatic rings. The summed E-state index contributed by atoms with van der Waals surface area (Å²) in [5.74, 6) is -0.143. The second kappa shape index (κ2) is 9.08. The molecule has 0 bridgehead atoms. The van der Waals surface area contributed by atoms with Gasteiger partial charge in [0.05, 0.1) is 12.3 Å². The second-order valence-corrected chi connectivity index (χ2v) is 9.90. The zero-order valence-electron chi connectivity index (χ0n) is 16.1. The molecule has 1 aliphatic heterocycles. The number of nitrogens with one attached hydrogen (secondary N) is 1. The number of carbonyl (C=O) groups excluding carboxylic acids is 1. The third-order valence-electron chi connectivity index (χ3n) is 4.73. The van der Waals surface area contributed by atoms with Crippen LogP contribution >= 0.6 is 11.3 Å². The Hall–Kier alpha value is -1.88. The van der Waals surface area contributed by atoms with Crippen molar-refractivity contribution in [2.24, 2.45) is 0 Å². The average Bonchev–Trinajstić information content (AvgIpc) is 3.17.